The third kappa shape index (κ3) is 3.30. The Bertz CT molecular complexity index is 556. The lowest BCUT2D eigenvalue weighted by Crippen LogP contribution is -2.04. The van der Waals surface area contributed by atoms with Gasteiger partial charge in [-0.3, -0.25) is 4.68 Å². The molecule has 0 spiro atoms. The van der Waals surface area contributed by atoms with Gasteiger partial charge in [-0.15, -0.1) is 0 Å². The molecule has 0 amide bonds. The maximum atomic E-state index is 5.82. The topological polar surface area (TPSA) is 62.3 Å². The number of methoxy groups -OCH3 is 1. The van der Waals surface area contributed by atoms with E-state index in [1.807, 2.05) is 29.9 Å². The molecular weight excluding hydrogens is 254 g/mol. The van der Waals surface area contributed by atoms with Crippen LogP contribution in [0.5, 0.6) is 11.5 Å². The van der Waals surface area contributed by atoms with Crippen molar-refractivity contribution in [1.82, 2.24) is 9.78 Å². The minimum Gasteiger partial charge on any atom is -0.497 e. The molecule has 2 aromatic rings. The van der Waals surface area contributed by atoms with Crippen LogP contribution in [0.3, 0.4) is 0 Å². The van der Waals surface area contributed by atoms with Crippen LogP contribution in [-0.2, 0) is 26.6 Å². The standard InChI is InChI=1S/C15H21N3O2/c1-4-12-7-13(18(2)17-12)10-20-15-6-11(9-16)5-14(8-15)19-3/h5-8H,4,9-10,16H2,1-3H3. The monoisotopic (exact) mass is 275 g/mol. The van der Waals surface area contributed by atoms with E-state index in [2.05, 4.69) is 18.1 Å². The van der Waals surface area contributed by atoms with Crippen molar-refractivity contribution in [2.75, 3.05) is 7.11 Å². The molecule has 0 fully saturated rings. The molecule has 0 unspecified atom stereocenters. The van der Waals surface area contributed by atoms with E-state index in [-0.39, 0.29) is 0 Å². The molecule has 0 aliphatic carbocycles. The van der Waals surface area contributed by atoms with Crippen LogP contribution < -0.4 is 15.2 Å². The average Bonchev–Trinajstić information content (AvgIpc) is 2.85. The molecule has 0 saturated carbocycles. The van der Waals surface area contributed by atoms with Gasteiger partial charge in [0.1, 0.15) is 18.1 Å². The fourth-order valence-corrected chi connectivity index (χ4v) is 1.99. The fourth-order valence-electron chi connectivity index (χ4n) is 1.99. The van der Waals surface area contributed by atoms with Crippen molar-refractivity contribution in [1.29, 1.82) is 0 Å². The van der Waals surface area contributed by atoms with E-state index in [0.717, 1.165) is 34.9 Å². The Balaban J connectivity index is 2.11. The Morgan fingerprint density at radius 2 is 1.95 bits per heavy atom. The van der Waals surface area contributed by atoms with Gasteiger partial charge in [0, 0.05) is 19.7 Å². The lowest BCUT2D eigenvalue weighted by atomic mass is 10.2. The van der Waals surface area contributed by atoms with E-state index in [1.54, 1.807) is 7.11 Å². The third-order valence-corrected chi connectivity index (χ3v) is 3.19. The number of nitrogens with zero attached hydrogens (tertiary/aromatic N) is 2. The summed E-state index contributed by atoms with van der Waals surface area (Å²) in [6.07, 6.45) is 0.921. The second kappa shape index (κ2) is 6.43. The Hall–Kier alpha value is -2.01. The predicted octanol–water partition coefficient (Wildman–Crippen LogP) is 2.03. The second-order valence-corrected chi connectivity index (χ2v) is 4.61. The first kappa shape index (κ1) is 14.4. The highest BCUT2D eigenvalue weighted by molar-refractivity contribution is 5.38. The molecule has 5 nitrogen and oxygen atoms in total. The number of hydrogen-bond acceptors (Lipinski definition) is 4. The predicted molar refractivity (Wildman–Crippen MR) is 77.8 cm³/mol. The van der Waals surface area contributed by atoms with Gasteiger partial charge in [-0.05, 0) is 30.2 Å². The van der Waals surface area contributed by atoms with Crippen molar-refractivity contribution in [2.45, 2.75) is 26.5 Å². The van der Waals surface area contributed by atoms with E-state index < -0.39 is 0 Å². The lowest BCUT2D eigenvalue weighted by Gasteiger charge is -2.10. The van der Waals surface area contributed by atoms with Gasteiger partial charge in [0.15, 0.2) is 0 Å². The van der Waals surface area contributed by atoms with E-state index in [9.17, 15) is 0 Å². The van der Waals surface area contributed by atoms with Crippen LogP contribution in [0.25, 0.3) is 0 Å². The largest absolute Gasteiger partial charge is 0.497 e. The molecule has 0 saturated heterocycles. The van der Waals surface area contributed by atoms with Crippen molar-refractivity contribution in [3.05, 3.63) is 41.2 Å². The molecule has 108 valence electrons. The number of aromatic nitrogens is 2. The summed E-state index contributed by atoms with van der Waals surface area (Å²) >= 11 is 0. The van der Waals surface area contributed by atoms with E-state index >= 15 is 0 Å². The first-order valence-electron chi connectivity index (χ1n) is 6.69. The zero-order valence-corrected chi connectivity index (χ0v) is 12.2. The van der Waals surface area contributed by atoms with Crippen LogP contribution >= 0.6 is 0 Å². The van der Waals surface area contributed by atoms with Gasteiger partial charge in [-0.25, -0.2) is 0 Å². The molecular formula is C15H21N3O2. The molecule has 0 atom stereocenters. The molecule has 0 aliphatic heterocycles. The molecule has 0 radical (unpaired) electrons. The van der Waals surface area contributed by atoms with Crippen molar-refractivity contribution < 1.29 is 9.47 Å². The van der Waals surface area contributed by atoms with Crippen LogP contribution in [0.15, 0.2) is 24.3 Å². The summed E-state index contributed by atoms with van der Waals surface area (Å²) in [6, 6.07) is 7.76. The zero-order valence-electron chi connectivity index (χ0n) is 12.2. The Morgan fingerprint density at radius 1 is 1.20 bits per heavy atom. The Labute approximate surface area is 119 Å². The maximum Gasteiger partial charge on any atom is 0.130 e. The van der Waals surface area contributed by atoms with Crippen LogP contribution in [0, 0.1) is 0 Å². The van der Waals surface area contributed by atoms with Crippen molar-refractivity contribution in [3.63, 3.8) is 0 Å². The highest BCUT2D eigenvalue weighted by Gasteiger charge is 2.06. The lowest BCUT2D eigenvalue weighted by molar-refractivity contribution is 0.292. The van der Waals surface area contributed by atoms with Gasteiger partial charge >= 0.3 is 0 Å². The van der Waals surface area contributed by atoms with Crippen molar-refractivity contribution >= 4 is 0 Å². The van der Waals surface area contributed by atoms with Crippen molar-refractivity contribution in [3.8, 4) is 11.5 Å². The normalized spacial score (nSPS) is 10.6. The fraction of sp³-hybridized carbons (Fsp3) is 0.400. The minimum absolute atomic E-state index is 0.458. The number of benzene rings is 1. The first-order valence-corrected chi connectivity index (χ1v) is 6.69. The SMILES string of the molecule is CCc1cc(COc2cc(CN)cc(OC)c2)n(C)n1. The van der Waals surface area contributed by atoms with E-state index in [1.165, 1.54) is 0 Å². The average molecular weight is 275 g/mol. The smallest absolute Gasteiger partial charge is 0.130 e. The molecule has 1 heterocycles. The summed E-state index contributed by atoms with van der Waals surface area (Å²) in [5, 5.41) is 4.40. The number of nitrogens with two attached hydrogens (primary N) is 1. The van der Waals surface area contributed by atoms with Gasteiger partial charge < -0.3 is 15.2 Å². The summed E-state index contributed by atoms with van der Waals surface area (Å²) in [4.78, 5) is 0. The molecule has 1 aromatic heterocycles. The molecule has 2 N–H and O–H groups in total. The second-order valence-electron chi connectivity index (χ2n) is 4.61. The first-order chi connectivity index (χ1) is 9.66. The van der Waals surface area contributed by atoms with Gasteiger partial charge in [-0.1, -0.05) is 6.92 Å². The Kier molecular flexibility index (Phi) is 4.63. The van der Waals surface area contributed by atoms with E-state index in [4.69, 9.17) is 15.2 Å². The van der Waals surface area contributed by atoms with E-state index in [0.29, 0.717) is 13.2 Å². The highest BCUT2D eigenvalue weighted by atomic mass is 16.5. The van der Waals surface area contributed by atoms with Crippen molar-refractivity contribution in [2.24, 2.45) is 12.8 Å². The highest BCUT2D eigenvalue weighted by Crippen LogP contribution is 2.23. The summed E-state index contributed by atoms with van der Waals surface area (Å²) in [6.45, 7) is 3.02. The van der Waals surface area contributed by atoms with Crippen LogP contribution in [0.2, 0.25) is 0 Å². The maximum absolute atomic E-state index is 5.82. The molecule has 0 aliphatic rings. The van der Waals surface area contributed by atoms with Crippen LogP contribution in [-0.4, -0.2) is 16.9 Å². The van der Waals surface area contributed by atoms with Gasteiger partial charge in [0.25, 0.3) is 0 Å². The van der Waals surface area contributed by atoms with Crippen LogP contribution in [0.4, 0.5) is 0 Å². The number of hydrogen-bond donors (Lipinski definition) is 1. The minimum atomic E-state index is 0.458. The molecule has 1 aromatic carbocycles. The summed E-state index contributed by atoms with van der Waals surface area (Å²) in [5.74, 6) is 1.51. The molecule has 0 bridgehead atoms. The molecule has 20 heavy (non-hydrogen) atoms. The number of rotatable bonds is 6. The summed E-state index contributed by atoms with van der Waals surface area (Å²) in [5.41, 5.74) is 8.76. The van der Waals surface area contributed by atoms with Gasteiger partial charge in [0.05, 0.1) is 18.5 Å². The number of aryl methyl sites for hydroxylation is 2. The van der Waals surface area contributed by atoms with Crippen LogP contribution in [0.1, 0.15) is 23.9 Å². The molecule has 5 heteroatoms. The van der Waals surface area contributed by atoms with Gasteiger partial charge in [0.2, 0.25) is 0 Å². The third-order valence-electron chi connectivity index (χ3n) is 3.19. The van der Waals surface area contributed by atoms with Gasteiger partial charge in [-0.2, -0.15) is 5.10 Å². The molecule has 2 rings (SSSR count). The summed E-state index contributed by atoms with van der Waals surface area (Å²) in [7, 11) is 3.56. The number of ether oxygens (including phenoxy) is 2. The Morgan fingerprint density at radius 3 is 2.55 bits per heavy atom. The summed E-state index contributed by atoms with van der Waals surface area (Å²) < 4.78 is 12.9. The zero-order chi connectivity index (χ0) is 14.5. The quantitative estimate of drug-likeness (QED) is 0.876.